The first-order valence-electron chi connectivity index (χ1n) is 5.17. The van der Waals surface area contributed by atoms with Crippen molar-refractivity contribution in [1.82, 2.24) is 0 Å². The van der Waals surface area contributed by atoms with Crippen molar-refractivity contribution >= 4 is 27.3 Å². The van der Waals surface area contributed by atoms with E-state index in [1.807, 2.05) is 0 Å². The van der Waals surface area contributed by atoms with Crippen LogP contribution >= 0.6 is 0 Å². The summed E-state index contributed by atoms with van der Waals surface area (Å²) < 4.78 is 22.6. The summed E-state index contributed by atoms with van der Waals surface area (Å²) in [5.74, 6) is -0.795. The van der Waals surface area contributed by atoms with Gasteiger partial charge in [0.15, 0.2) is 9.84 Å². The Morgan fingerprint density at radius 2 is 1.61 bits per heavy atom. The number of rotatable bonds is 2. The molecule has 2 rings (SSSR count). The first kappa shape index (κ1) is 12.5. The summed E-state index contributed by atoms with van der Waals surface area (Å²) in [6.45, 7) is 1.56. The Hall–Kier alpha value is -1.95. The largest absolute Gasteiger partial charge is 0.269 e. The predicted octanol–water partition coefficient (Wildman–Crippen LogP) is 0.910. The summed E-state index contributed by atoms with van der Waals surface area (Å²) in [7, 11) is -3.28. The molecule has 5 nitrogen and oxygen atoms in total. The molecule has 94 valence electrons. The summed E-state index contributed by atoms with van der Waals surface area (Å²) >= 11 is 0. The SMILES string of the molecule is CC1=CC(=O)N(c2ccc(S(C)(=O)=O)cc2)C1=O. The molecule has 1 aliphatic rings. The van der Waals surface area contributed by atoms with Crippen molar-refractivity contribution in [3.8, 4) is 0 Å². The van der Waals surface area contributed by atoms with E-state index in [1.54, 1.807) is 6.92 Å². The maximum Gasteiger partial charge on any atom is 0.261 e. The molecule has 6 heteroatoms. The van der Waals surface area contributed by atoms with Crippen molar-refractivity contribution in [2.75, 3.05) is 11.2 Å². The molecule has 2 amide bonds. The predicted molar refractivity (Wildman–Crippen MR) is 65.8 cm³/mol. The van der Waals surface area contributed by atoms with Gasteiger partial charge in [0.2, 0.25) is 0 Å². The Kier molecular flexibility index (Phi) is 2.82. The van der Waals surface area contributed by atoms with Crippen molar-refractivity contribution in [3.63, 3.8) is 0 Å². The van der Waals surface area contributed by atoms with Crippen LogP contribution in [-0.4, -0.2) is 26.5 Å². The zero-order valence-electron chi connectivity index (χ0n) is 9.88. The van der Waals surface area contributed by atoms with E-state index in [2.05, 4.69) is 0 Å². The van der Waals surface area contributed by atoms with Gasteiger partial charge in [-0.05, 0) is 31.2 Å². The third kappa shape index (κ3) is 2.06. The minimum absolute atomic E-state index is 0.148. The maximum atomic E-state index is 11.7. The van der Waals surface area contributed by atoms with E-state index in [4.69, 9.17) is 0 Å². The number of imide groups is 1. The van der Waals surface area contributed by atoms with Gasteiger partial charge in [0.25, 0.3) is 11.8 Å². The number of hydrogen-bond donors (Lipinski definition) is 0. The van der Waals surface area contributed by atoms with Crippen LogP contribution in [0.2, 0.25) is 0 Å². The number of amides is 2. The Morgan fingerprint density at radius 1 is 1.06 bits per heavy atom. The highest BCUT2D eigenvalue weighted by Gasteiger charge is 2.29. The van der Waals surface area contributed by atoms with Crippen LogP contribution in [0.25, 0.3) is 0 Å². The number of carbonyl (C=O) groups is 2. The number of carbonyl (C=O) groups excluding carboxylic acids is 2. The summed E-state index contributed by atoms with van der Waals surface area (Å²) in [5, 5.41) is 0. The van der Waals surface area contributed by atoms with Crippen molar-refractivity contribution in [1.29, 1.82) is 0 Å². The Labute approximate surface area is 105 Å². The molecule has 1 aromatic rings. The van der Waals surface area contributed by atoms with Crippen LogP contribution in [0.4, 0.5) is 5.69 Å². The van der Waals surface area contributed by atoms with E-state index in [0.717, 1.165) is 11.2 Å². The molecule has 0 saturated carbocycles. The van der Waals surface area contributed by atoms with Gasteiger partial charge in [-0.1, -0.05) is 0 Å². The fourth-order valence-electron chi connectivity index (χ4n) is 1.67. The number of anilines is 1. The number of benzene rings is 1. The molecular weight excluding hydrogens is 254 g/mol. The molecule has 1 aromatic carbocycles. The van der Waals surface area contributed by atoms with Crippen LogP contribution < -0.4 is 4.90 Å². The van der Waals surface area contributed by atoms with Crippen LogP contribution in [0.5, 0.6) is 0 Å². The van der Waals surface area contributed by atoms with Crippen LogP contribution in [0.1, 0.15) is 6.92 Å². The lowest BCUT2D eigenvalue weighted by Crippen LogP contribution is -2.30. The number of sulfone groups is 1. The third-order valence-electron chi connectivity index (χ3n) is 2.62. The fourth-order valence-corrected chi connectivity index (χ4v) is 2.31. The first-order chi connectivity index (χ1) is 8.30. The standard InChI is InChI=1S/C12H11NO4S/c1-8-7-11(14)13(12(8)15)9-3-5-10(6-4-9)18(2,16)17/h3-7H,1-2H3. The van der Waals surface area contributed by atoms with Gasteiger partial charge in [-0.15, -0.1) is 0 Å². The van der Waals surface area contributed by atoms with Crippen molar-refractivity contribution in [3.05, 3.63) is 35.9 Å². The minimum atomic E-state index is -3.28. The first-order valence-corrected chi connectivity index (χ1v) is 7.06. The van der Waals surface area contributed by atoms with Crippen LogP contribution in [0.3, 0.4) is 0 Å². The lowest BCUT2D eigenvalue weighted by atomic mass is 10.3. The van der Waals surface area contributed by atoms with Crippen molar-refractivity contribution in [2.45, 2.75) is 11.8 Å². The van der Waals surface area contributed by atoms with Gasteiger partial charge in [-0.3, -0.25) is 9.59 Å². The minimum Gasteiger partial charge on any atom is -0.269 e. The highest BCUT2D eigenvalue weighted by Crippen LogP contribution is 2.23. The average Bonchev–Trinajstić information content (AvgIpc) is 2.52. The topological polar surface area (TPSA) is 71.5 Å². The van der Waals surface area contributed by atoms with E-state index in [0.29, 0.717) is 11.3 Å². The fraction of sp³-hybridized carbons (Fsp3) is 0.167. The summed E-state index contributed by atoms with van der Waals surface area (Å²) in [5.41, 5.74) is 0.734. The van der Waals surface area contributed by atoms with E-state index >= 15 is 0 Å². The van der Waals surface area contributed by atoms with Crippen LogP contribution in [0, 0.1) is 0 Å². The van der Waals surface area contributed by atoms with Gasteiger partial charge >= 0.3 is 0 Å². The van der Waals surface area contributed by atoms with E-state index in [9.17, 15) is 18.0 Å². The Morgan fingerprint density at radius 3 is 2.00 bits per heavy atom. The van der Waals surface area contributed by atoms with E-state index in [1.165, 1.54) is 30.3 Å². The highest BCUT2D eigenvalue weighted by molar-refractivity contribution is 7.90. The highest BCUT2D eigenvalue weighted by atomic mass is 32.2. The van der Waals surface area contributed by atoms with Gasteiger partial charge in [-0.25, -0.2) is 13.3 Å². The van der Waals surface area contributed by atoms with Gasteiger partial charge in [0, 0.05) is 17.9 Å². The second kappa shape index (κ2) is 4.06. The Balaban J connectivity index is 2.38. The van der Waals surface area contributed by atoms with Gasteiger partial charge in [-0.2, -0.15) is 0 Å². The molecule has 0 N–H and O–H groups in total. The summed E-state index contributed by atoms with van der Waals surface area (Å²) in [4.78, 5) is 24.5. The molecule has 0 saturated heterocycles. The molecule has 0 radical (unpaired) electrons. The zero-order valence-corrected chi connectivity index (χ0v) is 10.7. The molecule has 1 aliphatic heterocycles. The summed E-state index contributed by atoms with van der Waals surface area (Å²) in [6, 6.07) is 5.63. The summed E-state index contributed by atoms with van der Waals surface area (Å²) in [6.07, 6.45) is 2.35. The molecule has 0 aliphatic carbocycles. The molecule has 0 atom stereocenters. The molecule has 0 fully saturated rings. The van der Waals surface area contributed by atoms with Gasteiger partial charge in [0.05, 0.1) is 10.6 Å². The average molecular weight is 265 g/mol. The third-order valence-corrected chi connectivity index (χ3v) is 3.75. The van der Waals surface area contributed by atoms with Crippen molar-refractivity contribution in [2.24, 2.45) is 0 Å². The van der Waals surface area contributed by atoms with Gasteiger partial charge in [0.1, 0.15) is 0 Å². The zero-order chi connectivity index (χ0) is 13.5. The monoisotopic (exact) mass is 265 g/mol. The smallest absolute Gasteiger partial charge is 0.261 e. The number of hydrogen-bond acceptors (Lipinski definition) is 4. The Bertz CT molecular complexity index is 656. The lowest BCUT2D eigenvalue weighted by molar-refractivity contribution is -0.120. The van der Waals surface area contributed by atoms with Crippen LogP contribution in [0.15, 0.2) is 40.8 Å². The molecule has 0 spiro atoms. The van der Waals surface area contributed by atoms with E-state index in [-0.39, 0.29) is 10.8 Å². The lowest BCUT2D eigenvalue weighted by Gasteiger charge is -2.14. The van der Waals surface area contributed by atoms with Crippen molar-refractivity contribution < 1.29 is 18.0 Å². The molecule has 1 heterocycles. The maximum absolute atomic E-state index is 11.7. The molecular formula is C12H11NO4S. The molecule has 0 aromatic heterocycles. The molecule has 0 bridgehead atoms. The normalized spacial score (nSPS) is 16.1. The second-order valence-corrected chi connectivity index (χ2v) is 6.09. The quantitative estimate of drug-likeness (QED) is 0.745. The molecule has 0 unspecified atom stereocenters. The second-order valence-electron chi connectivity index (χ2n) is 4.07. The van der Waals surface area contributed by atoms with Crippen LogP contribution in [-0.2, 0) is 19.4 Å². The van der Waals surface area contributed by atoms with Gasteiger partial charge < -0.3 is 0 Å². The molecule has 18 heavy (non-hydrogen) atoms. The number of nitrogens with zero attached hydrogens (tertiary/aromatic N) is 1. The van der Waals surface area contributed by atoms with E-state index < -0.39 is 15.7 Å².